The van der Waals surface area contributed by atoms with Gasteiger partial charge in [-0.1, -0.05) is 20.8 Å². The molecule has 0 aliphatic heterocycles. The van der Waals surface area contributed by atoms with Crippen LogP contribution in [0, 0.1) is 46.3 Å². The van der Waals surface area contributed by atoms with E-state index in [-0.39, 0.29) is 18.1 Å². The third-order valence-electron chi connectivity index (χ3n) is 12.9. The maximum absolute atomic E-state index is 12.4. The minimum absolute atomic E-state index is 0.147. The summed E-state index contributed by atoms with van der Waals surface area (Å²) in [5.74, 6) is 3.85. The Labute approximate surface area is 264 Å². The van der Waals surface area contributed by atoms with Gasteiger partial charge in [0.25, 0.3) is 0 Å². The van der Waals surface area contributed by atoms with Crippen LogP contribution >= 0.6 is 0 Å². The van der Waals surface area contributed by atoms with Gasteiger partial charge in [0.1, 0.15) is 0 Å². The molecule has 4 fully saturated rings. The quantitative estimate of drug-likeness (QED) is 0.133. The van der Waals surface area contributed by atoms with E-state index in [0.29, 0.717) is 58.8 Å². The van der Waals surface area contributed by atoms with Crippen molar-refractivity contribution in [3.63, 3.8) is 0 Å². The summed E-state index contributed by atoms with van der Waals surface area (Å²) in [7, 11) is 0. The summed E-state index contributed by atoms with van der Waals surface area (Å²) in [5.41, 5.74) is 6.23. The molecule has 7 N–H and O–H groups in total. The van der Waals surface area contributed by atoms with Crippen molar-refractivity contribution in [3.05, 3.63) is 0 Å². The topological polar surface area (TPSA) is 111 Å². The molecular formula is C36H69N5O2. The maximum atomic E-state index is 12.4. The maximum Gasteiger partial charge on any atom is 0.220 e. The molecule has 10 atom stereocenters. The number of carbonyl (C=O) groups is 1. The van der Waals surface area contributed by atoms with Crippen molar-refractivity contribution in [2.75, 3.05) is 39.3 Å². The van der Waals surface area contributed by atoms with Gasteiger partial charge >= 0.3 is 0 Å². The number of hydrogen-bond donors (Lipinski definition) is 6. The fourth-order valence-electron chi connectivity index (χ4n) is 10.7. The van der Waals surface area contributed by atoms with Crippen molar-refractivity contribution < 1.29 is 9.90 Å². The van der Waals surface area contributed by atoms with Crippen LogP contribution in [0.1, 0.15) is 118 Å². The molecular weight excluding hydrogens is 534 g/mol. The van der Waals surface area contributed by atoms with E-state index in [1.54, 1.807) is 0 Å². The van der Waals surface area contributed by atoms with E-state index in [4.69, 9.17) is 5.73 Å². The monoisotopic (exact) mass is 604 g/mol. The van der Waals surface area contributed by atoms with Gasteiger partial charge < -0.3 is 32.1 Å². The van der Waals surface area contributed by atoms with Gasteiger partial charge in [0.05, 0.1) is 6.10 Å². The van der Waals surface area contributed by atoms with E-state index in [2.05, 4.69) is 42.0 Å². The fourth-order valence-corrected chi connectivity index (χ4v) is 10.7. The van der Waals surface area contributed by atoms with E-state index in [0.717, 1.165) is 58.5 Å². The smallest absolute Gasteiger partial charge is 0.220 e. The SMILES string of the molecule is CC(C)NC(=O)CC[C@@H](C)C1CCC2C3C(CC[C@@]21C)[C@@]1(C)CC[C@H](NCCCNCCCNCCCN)CC1C[C@@H]3O. The summed E-state index contributed by atoms with van der Waals surface area (Å²) in [6, 6.07) is 0.819. The average molecular weight is 604 g/mol. The number of carbonyl (C=O) groups excluding carboxylic acids is 1. The number of nitrogens with two attached hydrogens (primary N) is 1. The van der Waals surface area contributed by atoms with Gasteiger partial charge in [-0.2, -0.15) is 0 Å². The summed E-state index contributed by atoms with van der Waals surface area (Å²) >= 11 is 0. The zero-order valence-electron chi connectivity index (χ0n) is 28.6. The molecule has 4 aliphatic carbocycles. The lowest BCUT2D eigenvalue weighted by molar-refractivity contribution is -0.167. The van der Waals surface area contributed by atoms with Crippen LogP contribution in [0.2, 0.25) is 0 Å². The zero-order chi connectivity index (χ0) is 31.0. The van der Waals surface area contributed by atoms with Gasteiger partial charge in [0.15, 0.2) is 0 Å². The number of aliphatic hydroxyl groups is 1. The molecule has 7 nitrogen and oxygen atoms in total. The predicted octanol–water partition coefficient (Wildman–Crippen LogP) is 4.82. The molecule has 0 radical (unpaired) electrons. The van der Waals surface area contributed by atoms with Crippen LogP contribution in [-0.4, -0.2) is 68.5 Å². The van der Waals surface area contributed by atoms with E-state index in [1.165, 1.54) is 57.8 Å². The number of aliphatic hydroxyl groups excluding tert-OH is 1. The van der Waals surface area contributed by atoms with Crippen molar-refractivity contribution in [2.24, 2.45) is 52.1 Å². The van der Waals surface area contributed by atoms with Crippen LogP contribution in [-0.2, 0) is 4.79 Å². The Morgan fingerprint density at radius 3 is 2.21 bits per heavy atom. The van der Waals surface area contributed by atoms with E-state index < -0.39 is 0 Å². The standard InChI is InChI=1S/C36H69N5O2/c1-25(2)41-33(43)12-9-26(3)29-10-11-30-34-31(14-16-36(29,30)5)35(4)15-13-28(23-27(35)24-32(34)42)40-22-8-21-39-20-7-19-38-18-6-17-37/h25-32,34,38-40,42H,6-24,37H2,1-5H3,(H,41,43)/t26-,27?,28+,29?,30?,31?,32+,34?,35+,36-/m1/s1. The molecule has 0 aromatic rings. The van der Waals surface area contributed by atoms with Crippen LogP contribution in [0.4, 0.5) is 0 Å². The molecule has 4 rings (SSSR count). The van der Waals surface area contributed by atoms with Gasteiger partial charge in [-0.05, 0) is 177 Å². The minimum Gasteiger partial charge on any atom is -0.393 e. The molecule has 0 saturated heterocycles. The summed E-state index contributed by atoms with van der Waals surface area (Å²) < 4.78 is 0. The zero-order valence-corrected chi connectivity index (χ0v) is 28.6. The van der Waals surface area contributed by atoms with E-state index in [9.17, 15) is 9.90 Å². The second-order valence-corrected chi connectivity index (χ2v) is 16.0. The van der Waals surface area contributed by atoms with Crippen LogP contribution < -0.4 is 27.0 Å². The van der Waals surface area contributed by atoms with Crippen LogP contribution in [0.5, 0.6) is 0 Å². The first-order chi connectivity index (χ1) is 20.6. The number of nitrogens with one attached hydrogen (secondary N) is 4. The number of rotatable bonds is 17. The minimum atomic E-state index is -0.147. The van der Waals surface area contributed by atoms with Crippen LogP contribution in [0.25, 0.3) is 0 Å². The number of amides is 1. The molecule has 0 bridgehead atoms. The Hall–Kier alpha value is -0.730. The largest absolute Gasteiger partial charge is 0.393 e. The number of hydrogen-bond acceptors (Lipinski definition) is 6. The third-order valence-corrected chi connectivity index (χ3v) is 12.9. The van der Waals surface area contributed by atoms with Gasteiger partial charge in [-0.15, -0.1) is 0 Å². The highest BCUT2D eigenvalue weighted by atomic mass is 16.3. The van der Waals surface area contributed by atoms with Crippen LogP contribution in [0.3, 0.4) is 0 Å². The highest BCUT2D eigenvalue weighted by Crippen LogP contribution is 2.68. The summed E-state index contributed by atoms with van der Waals surface area (Å²) in [5, 5.41) is 25.8. The molecule has 0 heterocycles. The van der Waals surface area contributed by atoms with Crippen LogP contribution in [0.15, 0.2) is 0 Å². The van der Waals surface area contributed by atoms with Gasteiger partial charge in [0, 0.05) is 18.5 Å². The van der Waals surface area contributed by atoms with Gasteiger partial charge in [0.2, 0.25) is 5.91 Å². The highest BCUT2D eigenvalue weighted by molar-refractivity contribution is 5.76. The Morgan fingerprint density at radius 2 is 1.51 bits per heavy atom. The van der Waals surface area contributed by atoms with E-state index >= 15 is 0 Å². The summed E-state index contributed by atoms with van der Waals surface area (Å²) in [6.07, 6.45) is 14.8. The second kappa shape index (κ2) is 16.2. The molecule has 250 valence electrons. The third kappa shape index (κ3) is 8.55. The lowest BCUT2D eigenvalue weighted by atomic mass is 9.43. The molecule has 43 heavy (non-hydrogen) atoms. The Morgan fingerprint density at radius 1 is 0.860 bits per heavy atom. The lowest BCUT2D eigenvalue weighted by Gasteiger charge is -2.62. The molecule has 7 heteroatoms. The van der Waals surface area contributed by atoms with Gasteiger partial charge in [-0.3, -0.25) is 4.79 Å². The molecule has 4 aliphatic rings. The second-order valence-electron chi connectivity index (χ2n) is 16.0. The Bertz CT molecular complexity index is 855. The first-order valence-corrected chi connectivity index (χ1v) is 18.4. The predicted molar refractivity (Wildman–Crippen MR) is 179 cm³/mol. The normalized spacial score (nSPS) is 37.9. The first-order valence-electron chi connectivity index (χ1n) is 18.4. The molecule has 0 aromatic heterocycles. The molecule has 5 unspecified atom stereocenters. The summed E-state index contributed by atoms with van der Waals surface area (Å²) in [6.45, 7) is 17.8. The number of fused-ring (bicyclic) bond motifs is 5. The molecule has 0 spiro atoms. The van der Waals surface area contributed by atoms with Gasteiger partial charge in [-0.25, -0.2) is 0 Å². The van der Waals surface area contributed by atoms with Crippen molar-refractivity contribution in [2.45, 2.75) is 136 Å². The molecule has 4 saturated carbocycles. The molecule has 1 amide bonds. The fraction of sp³-hybridized carbons (Fsp3) is 0.972. The van der Waals surface area contributed by atoms with Crippen molar-refractivity contribution in [1.82, 2.24) is 21.3 Å². The van der Waals surface area contributed by atoms with Crippen molar-refractivity contribution in [1.29, 1.82) is 0 Å². The lowest BCUT2D eigenvalue weighted by Crippen LogP contribution is -2.59. The average Bonchev–Trinajstić information content (AvgIpc) is 3.32. The Kier molecular flexibility index (Phi) is 13.2. The highest BCUT2D eigenvalue weighted by Gasteiger charge is 2.62. The molecule has 0 aromatic carbocycles. The first kappa shape index (κ1) is 35.1. The summed E-state index contributed by atoms with van der Waals surface area (Å²) in [4.78, 5) is 12.4. The Balaban J connectivity index is 1.22. The van der Waals surface area contributed by atoms with E-state index in [1.807, 2.05) is 13.8 Å². The van der Waals surface area contributed by atoms with Crippen molar-refractivity contribution >= 4 is 5.91 Å². The van der Waals surface area contributed by atoms with Crippen molar-refractivity contribution in [3.8, 4) is 0 Å².